The molecule has 0 aliphatic carbocycles. The molecule has 0 fully saturated rings. The lowest BCUT2D eigenvalue weighted by Crippen LogP contribution is -2.32. The summed E-state index contributed by atoms with van der Waals surface area (Å²) in [6, 6.07) is 1.94. The van der Waals surface area contributed by atoms with Gasteiger partial charge < -0.3 is 16.0 Å². The Morgan fingerprint density at radius 1 is 1.28 bits per heavy atom. The van der Waals surface area contributed by atoms with E-state index in [0.29, 0.717) is 12.5 Å². The number of aromatic nitrogens is 1. The second-order valence-corrected chi connectivity index (χ2v) is 4.54. The third-order valence-electron chi connectivity index (χ3n) is 2.28. The molecule has 0 saturated heterocycles. The molecule has 0 aliphatic heterocycles. The largest absolute Gasteiger partial charge is 0.384 e. The fourth-order valence-corrected chi connectivity index (χ4v) is 1.40. The van der Waals surface area contributed by atoms with Gasteiger partial charge in [-0.3, -0.25) is 9.78 Å². The second-order valence-electron chi connectivity index (χ2n) is 4.54. The number of anilines is 2. The van der Waals surface area contributed by atoms with E-state index in [4.69, 9.17) is 0 Å². The van der Waals surface area contributed by atoms with Crippen LogP contribution in [-0.2, 0) is 4.79 Å². The molecule has 0 bridgehead atoms. The van der Waals surface area contributed by atoms with Crippen LogP contribution in [-0.4, -0.2) is 30.5 Å². The Kier molecular flexibility index (Phi) is 5.97. The zero-order valence-corrected chi connectivity index (χ0v) is 11.3. The zero-order chi connectivity index (χ0) is 13.4. The summed E-state index contributed by atoms with van der Waals surface area (Å²) >= 11 is 0. The molecule has 0 unspecified atom stereocenters. The van der Waals surface area contributed by atoms with E-state index in [2.05, 4.69) is 34.8 Å². The second kappa shape index (κ2) is 7.53. The number of amides is 1. The molecule has 1 aromatic rings. The van der Waals surface area contributed by atoms with Gasteiger partial charge in [0.25, 0.3) is 0 Å². The highest BCUT2D eigenvalue weighted by molar-refractivity contribution is 5.80. The molecule has 1 heterocycles. The Balaban J connectivity index is 2.38. The van der Waals surface area contributed by atoms with Crippen molar-refractivity contribution >= 4 is 17.3 Å². The topological polar surface area (TPSA) is 66.0 Å². The van der Waals surface area contributed by atoms with E-state index in [1.54, 1.807) is 12.4 Å². The van der Waals surface area contributed by atoms with Crippen LogP contribution in [0.1, 0.15) is 20.8 Å². The third-order valence-corrected chi connectivity index (χ3v) is 2.28. The Hall–Kier alpha value is -1.78. The van der Waals surface area contributed by atoms with Gasteiger partial charge in [-0.2, -0.15) is 0 Å². The van der Waals surface area contributed by atoms with Crippen LogP contribution in [0.4, 0.5) is 11.4 Å². The molecule has 3 N–H and O–H groups in total. The van der Waals surface area contributed by atoms with E-state index in [1.165, 1.54) is 0 Å². The number of nitrogens with one attached hydrogen (secondary N) is 3. The van der Waals surface area contributed by atoms with Gasteiger partial charge in [-0.15, -0.1) is 0 Å². The normalized spacial score (nSPS) is 10.2. The molecule has 0 aromatic carbocycles. The minimum absolute atomic E-state index is 0.00227. The standard InChI is InChI=1S/C13H22N4O/c1-4-15-11-5-12(8-14-7-11)16-9-13(18)17-6-10(2)3/h5,7-8,10,15-16H,4,6,9H2,1-3H3,(H,17,18). The van der Waals surface area contributed by atoms with Gasteiger partial charge in [-0.1, -0.05) is 13.8 Å². The van der Waals surface area contributed by atoms with Crippen LogP contribution < -0.4 is 16.0 Å². The molecular weight excluding hydrogens is 228 g/mol. The van der Waals surface area contributed by atoms with Crippen molar-refractivity contribution in [2.75, 3.05) is 30.3 Å². The van der Waals surface area contributed by atoms with Crippen LogP contribution in [0.5, 0.6) is 0 Å². The Labute approximate surface area is 108 Å². The van der Waals surface area contributed by atoms with Gasteiger partial charge in [0, 0.05) is 13.1 Å². The van der Waals surface area contributed by atoms with Crippen LogP contribution in [0.25, 0.3) is 0 Å². The van der Waals surface area contributed by atoms with Crippen molar-refractivity contribution in [3.63, 3.8) is 0 Å². The fourth-order valence-electron chi connectivity index (χ4n) is 1.40. The number of rotatable bonds is 7. The average molecular weight is 250 g/mol. The first kappa shape index (κ1) is 14.3. The lowest BCUT2D eigenvalue weighted by atomic mass is 10.2. The quantitative estimate of drug-likeness (QED) is 0.689. The van der Waals surface area contributed by atoms with Crippen molar-refractivity contribution in [2.24, 2.45) is 5.92 Å². The Morgan fingerprint density at radius 2 is 1.94 bits per heavy atom. The summed E-state index contributed by atoms with van der Waals surface area (Å²) in [5.74, 6) is 0.463. The maximum Gasteiger partial charge on any atom is 0.239 e. The SMILES string of the molecule is CCNc1cncc(NCC(=O)NCC(C)C)c1. The fraction of sp³-hybridized carbons (Fsp3) is 0.538. The van der Waals surface area contributed by atoms with E-state index in [0.717, 1.165) is 17.9 Å². The number of nitrogens with zero attached hydrogens (tertiary/aromatic N) is 1. The van der Waals surface area contributed by atoms with E-state index < -0.39 is 0 Å². The molecule has 5 nitrogen and oxygen atoms in total. The molecule has 0 spiro atoms. The molecule has 0 atom stereocenters. The lowest BCUT2D eigenvalue weighted by molar-refractivity contribution is -0.119. The van der Waals surface area contributed by atoms with E-state index in [1.807, 2.05) is 13.0 Å². The van der Waals surface area contributed by atoms with E-state index >= 15 is 0 Å². The first-order valence-electron chi connectivity index (χ1n) is 6.31. The highest BCUT2D eigenvalue weighted by atomic mass is 16.1. The average Bonchev–Trinajstić information content (AvgIpc) is 2.35. The third kappa shape index (κ3) is 5.52. The number of pyridine rings is 1. The van der Waals surface area contributed by atoms with Crippen LogP contribution in [0.2, 0.25) is 0 Å². The number of hydrogen-bond donors (Lipinski definition) is 3. The number of hydrogen-bond acceptors (Lipinski definition) is 4. The van der Waals surface area contributed by atoms with Gasteiger partial charge in [0.15, 0.2) is 0 Å². The molecule has 1 aromatic heterocycles. The smallest absolute Gasteiger partial charge is 0.239 e. The molecular formula is C13H22N4O. The van der Waals surface area contributed by atoms with E-state index in [-0.39, 0.29) is 12.5 Å². The van der Waals surface area contributed by atoms with Gasteiger partial charge >= 0.3 is 0 Å². The predicted molar refractivity (Wildman–Crippen MR) is 74.7 cm³/mol. The summed E-state index contributed by atoms with van der Waals surface area (Å²) in [4.78, 5) is 15.6. The van der Waals surface area contributed by atoms with Crippen molar-refractivity contribution in [2.45, 2.75) is 20.8 Å². The Morgan fingerprint density at radius 3 is 2.56 bits per heavy atom. The molecule has 5 heteroatoms. The molecule has 0 radical (unpaired) electrons. The van der Waals surface area contributed by atoms with Crippen LogP contribution in [0.15, 0.2) is 18.5 Å². The van der Waals surface area contributed by atoms with Crippen LogP contribution >= 0.6 is 0 Å². The summed E-state index contributed by atoms with van der Waals surface area (Å²) < 4.78 is 0. The molecule has 100 valence electrons. The van der Waals surface area contributed by atoms with Gasteiger partial charge in [-0.05, 0) is 18.9 Å². The summed E-state index contributed by atoms with van der Waals surface area (Å²) in [5, 5.41) is 9.08. The maximum absolute atomic E-state index is 11.5. The summed E-state index contributed by atoms with van der Waals surface area (Å²) in [7, 11) is 0. The van der Waals surface area contributed by atoms with Crippen molar-refractivity contribution in [1.29, 1.82) is 0 Å². The zero-order valence-electron chi connectivity index (χ0n) is 11.3. The highest BCUT2D eigenvalue weighted by Crippen LogP contribution is 2.11. The molecule has 18 heavy (non-hydrogen) atoms. The van der Waals surface area contributed by atoms with E-state index in [9.17, 15) is 4.79 Å². The van der Waals surface area contributed by atoms with Crippen molar-refractivity contribution in [1.82, 2.24) is 10.3 Å². The predicted octanol–water partition coefficient (Wildman–Crippen LogP) is 1.70. The minimum atomic E-state index is -0.00227. The summed E-state index contributed by atoms with van der Waals surface area (Å²) in [6.07, 6.45) is 3.46. The lowest BCUT2D eigenvalue weighted by Gasteiger charge is -2.10. The summed E-state index contributed by atoms with van der Waals surface area (Å²) in [5.41, 5.74) is 1.79. The highest BCUT2D eigenvalue weighted by Gasteiger charge is 2.02. The van der Waals surface area contributed by atoms with Crippen LogP contribution in [0.3, 0.4) is 0 Å². The number of carbonyl (C=O) groups is 1. The minimum Gasteiger partial charge on any atom is -0.384 e. The summed E-state index contributed by atoms with van der Waals surface area (Å²) in [6.45, 7) is 7.98. The first-order chi connectivity index (χ1) is 8.61. The first-order valence-corrected chi connectivity index (χ1v) is 6.31. The molecule has 0 saturated carbocycles. The van der Waals surface area contributed by atoms with Crippen molar-refractivity contribution in [3.8, 4) is 0 Å². The van der Waals surface area contributed by atoms with Crippen LogP contribution in [0, 0.1) is 5.92 Å². The van der Waals surface area contributed by atoms with Gasteiger partial charge in [0.05, 0.1) is 30.3 Å². The van der Waals surface area contributed by atoms with Gasteiger partial charge in [0.2, 0.25) is 5.91 Å². The molecule has 1 amide bonds. The van der Waals surface area contributed by atoms with Crippen molar-refractivity contribution < 1.29 is 4.79 Å². The molecule has 1 rings (SSSR count). The van der Waals surface area contributed by atoms with Gasteiger partial charge in [-0.25, -0.2) is 0 Å². The number of carbonyl (C=O) groups excluding carboxylic acids is 1. The maximum atomic E-state index is 11.5. The monoisotopic (exact) mass is 250 g/mol. The Bertz CT molecular complexity index is 379. The molecule has 0 aliphatic rings. The van der Waals surface area contributed by atoms with Crippen molar-refractivity contribution in [3.05, 3.63) is 18.5 Å². The van der Waals surface area contributed by atoms with Gasteiger partial charge in [0.1, 0.15) is 0 Å².